The molecule has 0 saturated heterocycles. The van der Waals surface area contributed by atoms with Gasteiger partial charge in [0.1, 0.15) is 6.61 Å². The van der Waals surface area contributed by atoms with Crippen molar-refractivity contribution in [3.05, 3.63) is 58.6 Å². The molecule has 1 N–H and O–H groups in total. The van der Waals surface area contributed by atoms with Crippen LogP contribution in [0.2, 0.25) is 0 Å². The minimum atomic E-state index is -0.536. The molecule has 1 aromatic carbocycles. The number of hydrogen-bond donors (Lipinski definition) is 1. The van der Waals surface area contributed by atoms with Crippen molar-refractivity contribution < 1.29 is 19.1 Å². The van der Waals surface area contributed by atoms with Crippen LogP contribution in [0.15, 0.2) is 53.7 Å². The van der Waals surface area contributed by atoms with Crippen LogP contribution < -0.4 is 5.32 Å². The Morgan fingerprint density at radius 3 is 2.63 bits per heavy atom. The highest BCUT2D eigenvalue weighted by Crippen LogP contribution is 2.37. The first-order valence-corrected chi connectivity index (χ1v) is 9.40. The van der Waals surface area contributed by atoms with Gasteiger partial charge in [0.15, 0.2) is 0 Å². The maximum absolute atomic E-state index is 12.7. The molecule has 0 unspecified atom stereocenters. The Morgan fingerprint density at radius 1 is 1.19 bits per heavy atom. The molecule has 1 aliphatic rings. The summed E-state index contributed by atoms with van der Waals surface area (Å²) in [5.74, 6) is -0.448. The molecule has 2 aromatic rings. The number of urea groups is 1. The van der Waals surface area contributed by atoms with Crippen LogP contribution in [0, 0.1) is 0 Å². The maximum atomic E-state index is 12.7. The Hall–Kier alpha value is -2.64. The first-order valence-electron chi connectivity index (χ1n) is 8.59. The zero-order chi connectivity index (χ0) is 19.4. The highest BCUT2D eigenvalue weighted by atomic mass is 32.1. The second-order valence-corrected chi connectivity index (χ2v) is 7.25. The van der Waals surface area contributed by atoms with Crippen LogP contribution in [0.25, 0.3) is 10.4 Å². The van der Waals surface area contributed by atoms with Crippen molar-refractivity contribution >= 4 is 23.3 Å². The van der Waals surface area contributed by atoms with E-state index in [0.29, 0.717) is 17.9 Å². The van der Waals surface area contributed by atoms with E-state index < -0.39 is 12.0 Å². The fourth-order valence-corrected chi connectivity index (χ4v) is 3.95. The minimum Gasteiger partial charge on any atom is -0.460 e. The maximum Gasteiger partial charge on any atom is 0.338 e. The first-order chi connectivity index (χ1) is 13.0. The summed E-state index contributed by atoms with van der Waals surface area (Å²) in [7, 11) is 3.18. The normalized spacial score (nSPS) is 17.1. The smallest absolute Gasteiger partial charge is 0.338 e. The van der Waals surface area contributed by atoms with Crippen LogP contribution >= 0.6 is 11.3 Å². The molecule has 142 valence electrons. The third-order valence-corrected chi connectivity index (χ3v) is 5.66. The summed E-state index contributed by atoms with van der Waals surface area (Å²) < 4.78 is 10.3. The van der Waals surface area contributed by atoms with E-state index in [-0.39, 0.29) is 12.6 Å². The van der Waals surface area contributed by atoms with Gasteiger partial charge in [0.2, 0.25) is 0 Å². The van der Waals surface area contributed by atoms with Gasteiger partial charge >= 0.3 is 12.0 Å². The number of nitrogens with zero attached hydrogens (tertiary/aromatic N) is 1. The molecule has 0 bridgehead atoms. The lowest BCUT2D eigenvalue weighted by Crippen LogP contribution is -2.46. The lowest BCUT2D eigenvalue weighted by atomic mass is 10.0. The molecule has 2 amide bonds. The highest BCUT2D eigenvalue weighted by Gasteiger charge is 2.35. The van der Waals surface area contributed by atoms with Crippen LogP contribution in [0.1, 0.15) is 17.8 Å². The van der Waals surface area contributed by atoms with Gasteiger partial charge in [-0.15, -0.1) is 11.3 Å². The van der Waals surface area contributed by atoms with Crippen LogP contribution in [-0.4, -0.2) is 44.3 Å². The number of thiophene rings is 1. The van der Waals surface area contributed by atoms with Gasteiger partial charge in [-0.2, -0.15) is 0 Å². The van der Waals surface area contributed by atoms with E-state index >= 15 is 0 Å². The van der Waals surface area contributed by atoms with Gasteiger partial charge < -0.3 is 19.7 Å². The Balaban J connectivity index is 1.93. The number of nitrogens with one attached hydrogen (secondary N) is 1. The molecule has 1 aliphatic heterocycles. The highest BCUT2D eigenvalue weighted by molar-refractivity contribution is 7.15. The Morgan fingerprint density at radius 2 is 1.93 bits per heavy atom. The van der Waals surface area contributed by atoms with Crippen LogP contribution in [0.3, 0.4) is 0 Å². The second kappa shape index (κ2) is 8.37. The molecule has 7 heteroatoms. The lowest BCUT2D eigenvalue weighted by molar-refractivity contribution is -0.140. The largest absolute Gasteiger partial charge is 0.460 e. The summed E-state index contributed by atoms with van der Waals surface area (Å²) in [6.07, 6.45) is 0. The monoisotopic (exact) mass is 386 g/mol. The zero-order valence-electron chi connectivity index (χ0n) is 15.5. The van der Waals surface area contributed by atoms with Crippen molar-refractivity contribution in [3.8, 4) is 10.4 Å². The molecule has 1 aromatic heterocycles. The van der Waals surface area contributed by atoms with E-state index in [1.807, 2.05) is 42.5 Å². The minimum absolute atomic E-state index is 0.163. The standard InChI is InChI=1S/C20H22N2O4S/c1-13-17(19(23)26-12-11-25-3)18(21-20(24)22(13)2)16-10-9-15(27-16)14-7-5-4-6-8-14/h4-10,18H,11-12H2,1-3H3,(H,21,24)/t18-/m0/s1. The number of hydrogen-bond acceptors (Lipinski definition) is 5. The van der Waals surface area contributed by atoms with Crippen molar-refractivity contribution in [2.24, 2.45) is 0 Å². The van der Waals surface area contributed by atoms with E-state index in [0.717, 1.165) is 15.3 Å². The Bertz CT molecular complexity index is 860. The first kappa shape index (κ1) is 19.1. The molecule has 0 saturated carbocycles. The Labute approximate surface area is 162 Å². The number of ether oxygens (including phenoxy) is 2. The number of carbonyl (C=O) groups excluding carboxylic acids is 2. The van der Waals surface area contributed by atoms with Crippen molar-refractivity contribution in [2.75, 3.05) is 27.4 Å². The van der Waals surface area contributed by atoms with Gasteiger partial charge in [0.05, 0.1) is 18.2 Å². The molecule has 6 nitrogen and oxygen atoms in total. The number of allylic oxidation sites excluding steroid dienone is 1. The van der Waals surface area contributed by atoms with E-state index in [4.69, 9.17) is 9.47 Å². The third kappa shape index (κ3) is 4.04. The number of carbonyl (C=O) groups is 2. The molecule has 0 radical (unpaired) electrons. The molecule has 3 rings (SSSR count). The van der Waals surface area contributed by atoms with Crippen molar-refractivity contribution in [1.29, 1.82) is 0 Å². The van der Waals surface area contributed by atoms with Crippen LogP contribution in [-0.2, 0) is 14.3 Å². The number of esters is 1. The fraction of sp³-hybridized carbons (Fsp3) is 0.300. The summed E-state index contributed by atoms with van der Waals surface area (Å²) in [5.41, 5.74) is 2.12. The predicted molar refractivity (Wildman–Crippen MR) is 104 cm³/mol. The van der Waals surface area contributed by atoms with Crippen molar-refractivity contribution in [3.63, 3.8) is 0 Å². The number of benzene rings is 1. The average Bonchev–Trinajstić information content (AvgIpc) is 3.16. The molecule has 0 aliphatic carbocycles. The van der Waals surface area contributed by atoms with Gasteiger partial charge in [-0.05, 0) is 24.6 Å². The molecule has 27 heavy (non-hydrogen) atoms. The third-order valence-electron chi connectivity index (χ3n) is 4.46. The lowest BCUT2D eigenvalue weighted by Gasteiger charge is -2.32. The summed E-state index contributed by atoms with van der Waals surface area (Å²) >= 11 is 1.55. The second-order valence-electron chi connectivity index (χ2n) is 6.14. The molecule has 0 fully saturated rings. The molecular formula is C20H22N2O4S. The molecular weight excluding hydrogens is 364 g/mol. The van der Waals surface area contributed by atoms with Gasteiger partial charge in [-0.25, -0.2) is 9.59 Å². The quantitative estimate of drug-likeness (QED) is 0.609. The van der Waals surface area contributed by atoms with Crippen molar-refractivity contribution in [1.82, 2.24) is 10.2 Å². The van der Waals surface area contributed by atoms with Gasteiger partial charge in [0.25, 0.3) is 0 Å². The number of amides is 2. The molecule has 2 heterocycles. The van der Waals surface area contributed by atoms with Gasteiger partial charge in [0, 0.05) is 29.6 Å². The number of methoxy groups -OCH3 is 1. The van der Waals surface area contributed by atoms with E-state index in [2.05, 4.69) is 5.32 Å². The molecule has 0 spiro atoms. The van der Waals surface area contributed by atoms with Crippen LogP contribution in [0.4, 0.5) is 4.79 Å². The average molecular weight is 386 g/mol. The van der Waals surface area contributed by atoms with Crippen LogP contribution in [0.5, 0.6) is 0 Å². The summed E-state index contributed by atoms with van der Waals surface area (Å²) in [5, 5.41) is 2.91. The molecule has 1 atom stereocenters. The SMILES string of the molecule is COCCOC(=O)C1=C(C)N(C)C(=O)N[C@H]1c1ccc(-c2ccccc2)s1. The summed E-state index contributed by atoms with van der Waals surface area (Å²) in [4.78, 5) is 28.4. The zero-order valence-corrected chi connectivity index (χ0v) is 16.3. The van der Waals surface area contributed by atoms with E-state index in [1.54, 1.807) is 32.4 Å². The van der Waals surface area contributed by atoms with E-state index in [1.165, 1.54) is 4.90 Å². The summed E-state index contributed by atoms with van der Waals surface area (Å²) in [6.45, 7) is 2.24. The van der Waals surface area contributed by atoms with E-state index in [9.17, 15) is 9.59 Å². The summed E-state index contributed by atoms with van der Waals surface area (Å²) in [6, 6.07) is 13.2. The Kier molecular flexibility index (Phi) is 5.93. The topological polar surface area (TPSA) is 67.9 Å². The predicted octanol–water partition coefficient (Wildman–Crippen LogP) is 3.57. The van der Waals surface area contributed by atoms with Gasteiger partial charge in [-0.3, -0.25) is 0 Å². The van der Waals surface area contributed by atoms with Crippen molar-refractivity contribution in [2.45, 2.75) is 13.0 Å². The number of rotatable bonds is 6. The van der Waals surface area contributed by atoms with Gasteiger partial charge in [-0.1, -0.05) is 30.3 Å². The fourth-order valence-electron chi connectivity index (χ4n) is 2.87.